The molecule has 1 fully saturated rings. The Balaban J connectivity index is 1.27. The van der Waals surface area contributed by atoms with Crippen molar-refractivity contribution in [1.29, 1.82) is 0 Å². The molecule has 0 atom stereocenters. The van der Waals surface area contributed by atoms with E-state index in [4.69, 9.17) is 4.74 Å². The van der Waals surface area contributed by atoms with Crippen LogP contribution in [0.25, 0.3) is 0 Å². The Bertz CT molecular complexity index is 1080. The minimum absolute atomic E-state index is 0.00521. The zero-order valence-electron chi connectivity index (χ0n) is 19.3. The van der Waals surface area contributed by atoms with Crippen LogP contribution < -0.4 is 10.1 Å². The highest BCUT2D eigenvalue weighted by Gasteiger charge is 2.38. The zero-order chi connectivity index (χ0) is 24.0. The Morgan fingerprint density at radius 3 is 2.50 bits per heavy atom. The molecule has 0 spiro atoms. The number of carbonyl (C=O) groups is 1. The summed E-state index contributed by atoms with van der Waals surface area (Å²) in [7, 11) is 1.74. The van der Waals surface area contributed by atoms with Crippen molar-refractivity contribution in [2.24, 2.45) is 0 Å². The first-order valence-electron chi connectivity index (χ1n) is 11.5. The number of aliphatic hydroxyl groups is 1. The summed E-state index contributed by atoms with van der Waals surface area (Å²) in [5.74, 6) is 0.313. The molecule has 0 unspecified atom stereocenters. The van der Waals surface area contributed by atoms with Gasteiger partial charge in [-0.05, 0) is 49.4 Å². The lowest BCUT2D eigenvalue weighted by Crippen LogP contribution is -2.47. The summed E-state index contributed by atoms with van der Waals surface area (Å²) in [6.45, 7) is 0.592. The van der Waals surface area contributed by atoms with Crippen LogP contribution >= 0.6 is 0 Å². The Morgan fingerprint density at radius 1 is 1.12 bits per heavy atom. The lowest BCUT2D eigenvalue weighted by Gasteiger charge is -2.39. The first-order valence-corrected chi connectivity index (χ1v) is 11.5. The molecule has 2 aromatic carbocycles. The van der Waals surface area contributed by atoms with Gasteiger partial charge in [-0.15, -0.1) is 0 Å². The van der Waals surface area contributed by atoms with Crippen molar-refractivity contribution < 1.29 is 19.0 Å². The zero-order valence-corrected chi connectivity index (χ0v) is 19.3. The lowest BCUT2D eigenvalue weighted by atomic mass is 9.79. The van der Waals surface area contributed by atoms with Crippen LogP contribution in [0.1, 0.15) is 42.5 Å². The van der Waals surface area contributed by atoms with Gasteiger partial charge in [0, 0.05) is 25.2 Å². The summed E-state index contributed by atoms with van der Waals surface area (Å²) in [6, 6.07) is 19.7. The van der Waals surface area contributed by atoms with E-state index in [1.807, 2.05) is 42.5 Å². The predicted molar refractivity (Wildman–Crippen MR) is 128 cm³/mol. The van der Waals surface area contributed by atoms with Crippen molar-refractivity contribution in [3.05, 3.63) is 95.6 Å². The third-order valence-electron chi connectivity index (χ3n) is 6.50. The fraction of sp³-hybridized carbons (Fsp3) is 0.333. The number of pyridine rings is 1. The molecular weight excluding hydrogens is 433 g/mol. The summed E-state index contributed by atoms with van der Waals surface area (Å²) in [5.41, 5.74) is 1.11. The molecule has 6 nitrogen and oxygen atoms in total. The Kier molecular flexibility index (Phi) is 7.43. The van der Waals surface area contributed by atoms with E-state index in [-0.39, 0.29) is 24.4 Å². The molecule has 1 saturated carbocycles. The van der Waals surface area contributed by atoms with E-state index in [0.717, 1.165) is 5.56 Å². The number of nitrogens with zero attached hydrogens (tertiary/aromatic N) is 2. The number of nitrogens with one attached hydrogen (secondary N) is 1. The van der Waals surface area contributed by atoms with Crippen molar-refractivity contribution in [3.8, 4) is 5.75 Å². The number of hydrogen-bond donors (Lipinski definition) is 2. The smallest absolute Gasteiger partial charge is 0.317 e. The predicted octanol–water partition coefficient (Wildman–Crippen LogP) is 4.77. The standard InChI is InChI=1S/C27H30FN3O3/c1-31(26(32)30-17-21-9-5-6-10-24(21)28)22-13-15-27(33,16-14-22)25-12-11-23(18-29-25)34-19-20-7-3-2-4-8-20/h2-12,18,22,33H,13-17,19H2,1H3,(H,30,32)/t22-,27-. The maximum Gasteiger partial charge on any atom is 0.317 e. The number of hydrogen-bond acceptors (Lipinski definition) is 4. The minimum Gasteiger partial charge on any atom is -0.487 e. The molecule has 0 aliphatic heterocycles. The van der Waals surface area contributed by atoms with Gasteiger partial charge in [0.25, 0.3) is 0 Å². The monoisotopic (exact) mass is 463 g/mol. The molecule has 2 N–H and O–H groups in total. The second-order valence-corrected chi connectivity index (χ2v) is 8.78. The molecule has 1 aliphatic carbocycles. The molecule has 34 heavy (non-hydrogen) atoms. The Hall–Kier alpha value is -3.45. The first-order chi connectivity index (χ1) is 16.4. The van der Waals surface area contributed by atoms with Gasteiger partial charge in [0.05, 0.1) is 11.9 Å². The molecule has 0 saturated heterocycles. The molecule has 3 aromatic rings. The van der Waals surface area contributed by atoms with E-state index in [0.29, 0.717) is 49.3 Å². The number of ether oxygens (including phenoxy) is 1. The second kappa shape index (κ2) is 10.7. The van der Waals surface area contributed by atoms with Crippen LogP contribution in [-0.4, -0.2) is 34.1 Å². The van der Waals surface area contributed by atoms with Gasteiger partial charge in [-0.25, -0.2) is 9.18 Å². The van der Waals surface area contributed by atoms with E-state index in [9.17, 15) is 14.3 Å². The van der Waals surface area contributed by atoms with Crippen LogP contribution in [0.3, 0.4) is 0 Å². The minimum atomic E-state index is -1.03. The van der Waals surface area contributed by atoms with E-state index < -0.39 is 5.60 Å². The molecule has 0 radical (unpaired) electrons. The third-order valence-corrected chi connectivity index (χ3v) is 6.50. The summed E-state index contributed by atoms with van der Waals surface area (Å²) in [4.78, 5) is 18.7. The van der Waals surface area contributed by atoms with Gasteiger partial charge in [-0.3, -0.25) is 4.98 Å². The van der Waals surface area contributed by atoms with E-state index >= 15 is 0 Å². The molecule has 178 valence electrons. The molecule has 1 heterocycles. The number of rotatable bonds is 7. The largest absolute Gasteiger partial charge is 0.487 e. The number of urea groups is 1. The maximum atomic E-state index is 13.8. The molecule has 4 rings (SSSR count). The highest BCUT2D eigenvalue weighted by molar-refractivity contribution is 5.74. The number of halogens is 1. The molecule has 1 aromatic heterocycles. The van der Waals surface area contributed by atoms with Crippen molar-refractivity contribution >= 4 is 6.03 Å². The van der Waals surface area contributed by atoms with Gasteiger partial charge in [0.2, 0.25) is 0 Å². The van der Waals surface area contributed by atoms with Crippen LogP contribution in [0.5, 0.6) is 5.75 Å². The van der Waals surface area contributed by atoms with Crippen molar-refractivity contribution in [3.63, 3.8) is 0 Å². The number of amides is 2. The van der Waals surface area contributed by atoms with Crippen LogP contribution in [0.2, 0.25) is 0 Å². The normalized spacial score (nSPS) is 19.9. The molecule has 0 bridgehead atoms. The highest BCUT2D eigenvalue weighted by atomic mass is 19.1. The summed E-state index contributed by atoms with van der Waals surface area (Å²) in [6.07, 6.45) is 3.94. The summed E-state index contributed by atoms with van der Waals surface area (Å²) in [5, 5.41) is 14.0. The molecule has 2 amide bonds. The summed E-state index contributed by atoms with van der Waals surface area (Å²) < 4.78 is 19.6. The SMILES string of the molecule is CN(C(=O)NCc1ccccc1F)[C@H]1CC[C@@](O)(c2ccc(OCc3ccccc3)cn2)CC1. The van der Waals surface area contributed by atoms with E-state index in [1.165, 1.54) is 6.07 Å². The van der Waals surface area contributed by atoms with Crippen molar-refractivity contribution in [2.75, 3.05) is 7.05 Å². The van der Waals surface area contributed by atoms with Crippen molar-refractivity contribution in [2.45, 2.75) is 50.5 Å². The first kappa shape index (κ1) is 23.7. The quantitative estimate of drug-likeness (QED) is 0.529. The average Bonchev–Trinajstić information content (AvgIpc) is 2.88. The fourth-order valence-electron chi connectivity index (χ4n) is 4.31. The third kappa shape index (κ3) is 5.72. The Morgan fingerprint density at radius 2 is 1.82 bits per heavy atom. The number of aromatic nitrogens is 1. The number of carbonyl (C=O) groups excluding carboxylic acids is 1. The van der Waals surface area contributed by atoms with Crippen LogP contribution in [0.4, 0.5) is 9.18 Å². The van der Waals surface area contributed by atoms with Gasteiger partial charge in [0.1, 0.15) is 23.8 Å². The van der Waals surface area contributed by atoms with Crippen LogP contribution in [0, 0.1) is 5.82 Å². The van der Waals surface area contributed by atoms with Crippen LogP contribution in [0.15, 0.2) is 72.9 Å². The second-order valence-electron chi connectivity index (χ2n) is 8.78. The average molecular weight is 464 g/mol. The van der Waals surface area contributed by atoms with Gasteiger partial charge in [0.15, 0.2) is 0 Å². The van der Waals surface area contributed by atoms with Gasteiger partial charge < -0.3 is 20.1 Å². The van der Waals surface area contributed by atoms with Gasteiger partial charge in [-0.1, -0.05) is 48.5 Å². The summed E-state index contributed by atoms with van der Waals surface area (Å²) >= 11 is 0. The van der Waals surface area contributed by atoms with Crippen LogP contribution in [-0.2, 0) is 18.8 Å². The lowest BCUT2D eigenvalue weighted by molar-refractivity contribution is -0.0212. The van der Waals surface area contributed by atoms with E-state index in [2.05, 4.69) is 10.3 Å². The topological polar surface area (TPSA) is 74.7 Å². The van der Waals surface area contributed by atoms with E-state index in [1.54, 1.807) is 36.3 Å². The number of benzene rings is 2. The van der Waals surface area contributed by atoms with Crippen molar-refractivity contribution in [1.82, 2.24) is 15.2 Å². The fourth-order valence-corrected chi connectivity index (χ4v) is 4.31. The maximum absolute atomic E-state index is 13.8. The molecular formula is C27H30FN3O3. The van der Waals surface area contributed by atoms with Gasteiger partial charge in [-0.2, -0.15) is 0 Å². The van der Waals surface area contributed by atoms with Gasteiger partial charge >= 0.3 is 6.03 Å². The molecule has 1 aliphatic rings. The Labute approximate surface area is 199 Å². The highest BCUT2D eigenvalue weighted by Crippen LogP contribution is 2.38. The molecule has 7 heteroatoms.